The second kappa shape index (κ2) is 4.86. The van der Waals surface area contributed by atoms with Crippen LogP contribution in [0.2, 0.25) is 0 Å². The van der Waals surface area contributed by atoms with E-state index in [1.165, 1.54) is 5.56 Å². The molecule has 1 aromatic rings. The lowest BCUT2D eigenvalue weighted by atomic mass is 9.79. The standard InChI is InChI=1S/C13H18BrNO/c1-13(16)5-6-15-9-11(13)7-10-3-2-4-12(14)8-10/h2-4,8,11,15-16H,5-7,9H2,1H3. The van der Waals surface area contributed by atoms with Crippen molar-refractivity contribution in [3.8, 4) is 0 Å². The van der Waals surface area contributed by atoms with Crippen molar-refractivity contribution in [1.82, 2.24) is 5.32 Å². The predicted octanol–water partition coefficient (Wildman–Crippen LogP) is 2.35. The third kappa shape index (κ3) is 2.84. The van der Waals surface area contributed by atoms with E-state index in [9.17, 15) is 5.11 Å². The molecule has 0 aromatic heterocycles. The number of hydrogen-bond donors (Lipinski definition) is 2. The van der Waals surface area contributed by atoms with Crippen LogP contribution in [-0.4, -0.2) is 23.8 Å². The van der Waals surface area contributed by atoms with Gasteiger partial charge in [-0.2, -0.15) is 0 Å². The smallest absolute Gasteiger partial charge is 0.0675 e. The average Bonchev–Trinajstić information content (AvgIpc) is 2.21. The van der Waals surface area contributed by atoms with Gasteiger partial charge in [0, 0.05) is 16.9 Å². The normalized spacial score (nSPS) is 30.3. The van der Waals surface area contributed by atoms with E-state index in [1.54, 1.807) is 0 Å². The molecule has 0 aliphatic carbocycles. The molecule has 0 saturated carbocycles. The number of hydrogen-bond acceptors (Lipinski definition) is 2. The van der Waals surface area contributed by atoms with Crippen molar-refractivity contribution in [2.75, 3.05) is 13.1 Å². The van der Waals surface area contributed by atoms with Crippen molar-refractivity contribution in [1.29, 1.82) is 0 Å². The maximum atomic E-state index is 10.3. The second-order valence-electron chi connectivity index (χ2n) is 4.84. The molecule has 2 rings (SSSR count). The Morgan fingerprint density at radius 2 is 2.38 bits per heavy atom. The molecule has 3 heteroatoms. The monoisotopic (exact) mass is 283 g/mol. The molecule has 2 nitrogen and oxygen atoms in total. The Bertz CT molecular complexity index is 365. The van der Waals surface area contributed by atoms with E-state index in [-0.39, 0.29) is 0 Å². The Labute approximate surface area is 105 Å². The van der Waals surface area contributed by atoms with Crippen LogP contribution in [0.4, 0.5) is 0 Å². The van der Waals surface area contributed by atoms with Crippen molar-refractivity contribution in [3.63, 3.8) is 0 Å². The van der Waals surface area contributed by atoms with Gasteiger partial charge >= 0.3 is 0 Å². The van der Waals surface area contributed by atoms with Crippen LogP contribution >= 0.6 is 15.9 Å². The van der Waals surface area contributed by atoms with Gasteiger partial charge in [-0.3, -0.25) is 0 Å². The van der Waals surface area contributed by atoms with Gasteiger partial charge in [-0.25, -0.2) is 0 Å². The van der Waals surface area contributed by atoms with E-state index >= 15 is 0 Å². The first-order valence-corrected chi connectivity index (χ1v) is 6.55. The topological polar surface area (TPSA) is 32.3 Å². The fourth-order valence-electron chi connectivity index (χ4n) is 2.28. The van der Waals surface area contributed by atoms with Crippen LogP contribution in [-0.2, 0) is 6.42 Å². The third-order valence-electron chi connectivity index (χ3n) is 3.45. The molecule has 1 aliphatic heterocycles. The van der Waals surface area contributed by atoms with E-state index in [2.05, 4.69) is 33.4 Å². The lowest BCUT2D eigenvalue weighted by Crippen LogP contribution is -2.49. The molecule has 88 valence electrons. The lowest BCUT2D eigenvalue weighted by molar-refractivity contribution is -0.0234. The number of aliphatic hydroxyl groups is 1. The fourth-order valence-corrected chi connectivity index (χ4v) is 2.73. The summed E-state index contributed by atoms with van der Waals surface area (Å²) < 4.78 is 1.11. The van der Waals surface area contributed by atoms with Gasteiger partial charge in [-0.1, -0.05) is 28.1 Å². The molecule has 1 heterocycles. The minimum atomic E-state index is -0.534. The van der Waals surface area contributed by atoms with Gasteiger partial charge in [0.2, 0.25) is 0 Å². The lowest BCUT2D eigenvalue weighted by Gasteiger charge is -2.37. The Kier molecular flexibility index (Phi) is 3.67. The summed E-state index contributed by atoms with van der Waals surface area (Å²) in [6.45, 7) is 3.78. The van der Waals surface area contributed by atoms with E-state index in [0.29, 0.717) is 5.92 Å². The largest absolute Gasteiger partial charge is 0.390 e. The number of rotatable bonds is 2. The zero-order valence-electron chi connectivity index (χ0n) is 9.54. The maximum Gasteiger partial charge on any atom is 0.0675 e. The molecule has 1 aliphatic rings. The van der Waals surface area contributed by atoms with Gasteiger partial charge in [0.25, 0.3) is 0 Å². The van der Waals surface area contributed by atoms with Gasteiger partial charge in [0.15, 0.2) is 0 Å². The first-order valence-electron chi connectivity index (χ1n) is 5.75. The molecule has 0 amide bonds. The van der Waals surface area contributed by atoms with E-state index in [1.807, 2.05) is 19.1 Å². The Hall–Kier alpha value is -0.380. The maximum absolute atomic E-state index is 10.3. The van der Waals surface area contributed by atoms with Gasteiger partial charge < -0.3 is 10.4 Å². The highest BCUT2D eigenvalue weighted by atomic mass is 79.9. The van der Waals surface area contributed by atoms with E-state index in [0.717, 1.165) is 30.4 Å². The third-order valence-corrected chi connectivity index (χ3v) is 3.94. The quantitative estimate of drug-likeness (QED) is 0.873. The molecule has 2 atom stereocenters. The van der Waals surface area contributed by atoms with Crippen LogP contribution in [0.25, 0.3) is 0 Å². The fraction of sp³-hybridized carbons (Fsp3) is 0.538. The van der Waals surface area contributed by atoms with Gasteiger partial charge in [-0.05, 0) is 44.0 Å². The molecule has 1 aromatic carbocycles. The summed E-state index contributed by atoms with van der Waals surface area (Å²) in [5.41, 5.74) is 0.747. The summed E-state index contributed by atoms with van der Waals surface area (Å²) >= 11 is 3.48. The summed E-state index contributed by atoms with van der Waals surface area (Å²) in [7, 11) is 0. The molecular formula is C13H18BrNO. The molecule has 1 saturated heterocycles. The second-order valence-corrected chi connectivity index (χ2v) is 5.76. The molecule has 0 radical (unpaired) electrons. The summed E-state index contributed by atoms with van der Waals surface area (Å²) in [6.07, 6.45) is 1.77. The molecular weight excluding hydrogens is 266 g/mol. The number of nitrogens with one attached hydrogen (secondary N) is 1. The van der Waals surface area contributed by atoms with Crippen molar-refractivity contribution in [2.24, 2.45) is 5.92 Å². The average molecular weight is 284 g/mol. The minimum absolute atomic E-state index is 0.301. The molecule has 16 heavy (non-hydrogen) atoms. The summed E-state index contributed by atoms with van der Waals surface area (Å²) in [5.74, 6) is 0.301. The van der Waals surface area contributed by atoms with Gasteiger partial charge in [-0.15, -0.1) is 0 Å². The molecule has 2 unspecified atom stereocenters. The van der Waals surface area contributed by atoms with Crippen molar-refractivity contribution >= 4 is 15.9 Å². The Morgan fingerprint density at radius 1 is 1.56 bits per heavy atom. The highest BCUT2D eigenvalue weighted by Gasteiger charge is 2.34. The van der Waals surface area contributed by atoms with Crippen molar-refractivity contribution in [3.05, 3.63) is 34.3 Å². The van der Waals surface area contributed by atoms with Crippen LogP contribution in [0, 0.1) is 5.92 Å². The van der Waals surface area contributed by atoms with Crippen molar-refractivity contribution in [2.45, 2.75) is 25.4 Å². The van der Waals surface area contributed by atoms with Crippen LogP contribution < -0.4 is 5.32 Å². The molecule has 1 fully saturated rings. The van der Waals surface area contributed by atoms with Crippen LogP contribution in [0.3, 0.4) is 0 Å². The number of halogens is 1. The first kappa shape index (κ1) is 12.1. The molecule has 0 bridgehead atoms. The SMILES string of the molecule is CC1(O)CCNCC1Cc1cccc(Br)c1. The first-order chi connectivity index (χ1) is 7.58. The number of benzene rings is 1. The van der Waals surface area contributed by atoms with Crippen molar-refractivity contribution < 1.29 is 5.11 Å². The minimum Gasteiger partial charge on any atom is -0.390 e. The molecule has 2 N–H and O–H groups in total. The Balaban J connectivity index is 2.08. The van der Waals surface area contributed by atoms with E-state index < -0.39 is 5.60 Å². The van der Waals surface area contributed by atoms with Crippen LogP contribution in [0.1, 0.15) is 18.9 Å². The van der Waals surface area contributed by atoms with Gasteiger partial charge in [0.05, 0.1) is 5.60 Å². The van der Waals surface area contributed by atoms with Gasteiger partial charge in [0.1, 0.15) is 0 Å². The molecule has 0 spiro atoms. The van der Waals surface area contributed by atoms with E-state index in [4.69, 9.17) is 0 Å². The van der Waals surface area contributed by atoms with Crippen LogP contribution in [0.5, 0.6) is 0 Å². The predicted molar refractivity (Wildman–Crippen MR) is 69.4 cm³/mol. The zero-order valence-corrected chi connectivity index (χ0v) is 11.1. The highest BCUT2D eigenvalue weighted by molar-refractivity contribution is 9.10. The highest BCUT2D eigenvalue weighted by Crippen LogP contribution is 2.27. The Morgan fingerprint density at radius 3 is 3.06 bits per heavy atom. The zero-order chi connectivity index (χ0) is 11.6. The summed E-state index contributed by atoms with van der Waals surface area (Å²) in [5, 5.41) is 13.7. The summed E-state index contributed by atoms with van der Waals surface area (Å²) in [6, 6.07) is 8.32. The van der Waals surface area contributed by atoms with Crippen LogP contribution in [0.15, 0.2) is 28.7 Å². The number of piperidine rings is 1. The summed E-state index contributed by atoms with van der Waals surface area (Å²) in [4.78, 5) is 0.